The van der Waals surface area contributed by atoms with Gasteiger partial charge in [0.1, 0.15) is 0 Å². The number of alkyl halides is 3. The van der Waals surface area contributed by atoms with Crippen LogP contribution in [0.2, 0.25) is 0 Å². The quantitative estimate of drug-likeness (QED) is 0.892. The van der Waals surface area contributed by atoms with Crippen molar-refractivity contribution in [2.24, 2.45) is 0 Å². The highest BCUT2D eigenvalue weighted by atomic mass is 19.4. The first-order valence-electron chi connectivity index (χ1n) is 7.04. The van der Waals surface area contributed by atoms with Crippen LogP contribution >= 0.6 is 0 Å². The van der Waals surface area contributed by atoms with Gasteiger partial charge in [-0.05, 0) is 35.5 Å². The average molecular weight is 323 g/mol. The number of halogens is 3. The van der Waals surface area contributed by atoms with Crippen LogP contribution in [0.4, 0.5) is 13.2 Å². The van der Waals surface area contributed by atoms with Crippen molar-refractivity contribution in [3.05, 3.63) is 65.4 Å². The molecule has 3 nitrogen and oxygen atoms in total. The predicted molar refractivity (Wildman–Crippen MR) is 81.5 cm³/mol. The number of allylic oxidation sites excluding steroid dienone is 3. The lowest BCUT2D eigenvalue weighted by atomic mass is 10.1. The van der Waals surface area contributed by atoms with Crippen LogP contribution in [0.5, 0.6) is 0 Å². The van der Waals surface area contributed by atoms with Gasteiger partial charge in [0.05, 0.1) is 12.0 Å². The largest absolute Gasteiger partial charge is 0.481 e. The third-order valence-corrected chi connectivity index (χ3v) is 3.36. The van der Waals surface area contributed by atoms with Crippen LogP contribution in [0.1, 0.15) is 17.5 Å². The standard InChI is InChI=1S/C17H16F3NO2/c18-17(19,20)15-5-3-13(4-6-15)1-2-14-7-10-21(11-8-14)12-9-16(22)23/h1-8,10H,9,11-12H2,(H,22,23)/b2-1+. The van der Waals surface area contributed by atoms with E-state index in [9.17, 15) is 18.0 Å². The molecule has 1 aromatic rings. The van der Waals surface area contributed by atoms with E-state index in [2.05, 4.69) is 0 Å². The molecule has 0 unspecified atom stereocenters. The number of carboxylic acid groups (broad SMARTS) is 1. The summed E-state index contributed by atoms with van der Waals surface area (Å²) in [5.41, 5.74) is 0.942. The van der Waals surface area contributed by atoms with Crippen molar-refractivity contribution in [2.45, 2.75) is 12.6 Å². The lowest BCUT2D eigenvalue weighted by Gasteiger charge is -2.20. The summed E-state index contributed by atoms with van der Waals surface area (Å²) in [6.07, 6.45) is 4.89. The summed E-state index contributed by atoms with van der Waals surface area (Å²) >= 11 is 0. The van der Waals surface area contributed by atoms with E-state index in [0.717, 1.165) is 17.7 Å². The minimum absolute atomic E-state index is 0.0783. The van der Waals surface area contributed by atoms with Gasteiger partial charge in [-0.15, -0.1) is 0 Å². The molecule has 0 spiro atoms. The maximum Gasteiger partial charge on any atom is 0.416 e. The molecule has 0 saturated carbocycles. The van der Waals surface area contributed by atoms with Gasteiger partial charge in [0.15, 0.2) is 0 Å². The van der Waals surface area contributed by atoms with E-state index in [1.54, 1.807) is 6.08 Å². The summed E-state index contributed by atoms with van der Waals surface area (Å²) in [6, 6.07) is 4.95. The molecule has 6 heteroatoms. The summed E-state index contributed by atoms with van der Waals surface area (Å²) in [5.74, 6) is -0.838. The van der Waals surface area contributed by atoms with Gasteiger partial charge < -0.3 is 10.0 Å². The first-order valence-corrected chi connectivity index (χ1v) is 7.04. The molecule has 0 aliphatic carbocycles. The third-order valence-electron chi connectivity index (χ3n) is 3.36. The second-order valence-electron chi connectivity index (χ2n) is 5.11. The van der Waals surface area contributed by atoms with E-state index >= 15 is 0 Å². The fraction of sp³-hybridized carbons (Fsp3) is 0.235. The van der Waals surface area contributed by atoms with Gasteiger partial charge in [-0.2, -0.15) is 13.2 Å². The normalized spacial score (nSPS) is 15.1. The van der Waals surface area contributed by atoms with Crippen LogP contribution in [0, 0.1) is 0 Å². The Labute approximate surface area is 132 Å². The Kier molecular flexibility index (Phi) is 5.26. The van der Waals surface area contributed by atoms with Crippen LogP contribution in [-0.2, 0) is 11.0 Å². The molecular weight excluding hydrogens is 307 g/mol. The predicted octanol–water partition coefficient (Wildman–Crippen LogP) is 3.95. The number of benzene rings is 1. The molecule has 1 N–H and O–H groups in total. The van der Waals surface area contributed by atoms with Gasteiger partial charge in [0.2, 0.25) is 0 Å². The third kappa shape index (κ3) is 5.32. The Morgan fingerprint density at radius 2 is 1.91 bits per heavy atom. The molecule has 1 aliphatic rings. The summed E-state index contributed by atoms with van der Waals surface area (Å²) in [4.78, 5) is 12.4. The van der Waals surface area contributed by atoms with Gasteiger partial charge in [-0.25, -0.2) is 0 Å². The molecule has 0 amide bonds. The Hall–Kier alpha value is -2.50. The molecule has 2 rings (SSSR count). The van der Waals surface area contributed by atoms with Crippen molar-refractivity contribution in [3.63, 3.8) is 0 Å². The highest BCUT2D eigenvalue weighted by Gasteiger charge is 2.29. The smallest absolute Gasteiger partial charge is 0.416 e. The average Bonchev–Trinajstić information content (AvgIpc) is 2.51. The molecule has 1 aromatic carbocycles. The van der Waals surface area contributed by atoms with Crippen LogP contribution in [-0.4, -0.2) is 29.1 Å². The highest BCUT2D eigenvalue weighted by Crippen LogP contribution is 2.29. The van der Waals surface area contributed by atoms with Crippen molar-refractivity contribution in [1.29, 1.82) is 0 Å². The van der Waals surface area contributed by atoms with Gasteiger partial charge in [-0.3, -0.25) is 4.79 Å². The Morgan fingerprint density at radius 1 is 1.22 bits per heavy atom. The van der Waals surface area contributed by atoms with E-state index < -0.39 is 17.7 Å². The molecular formula is C17H16F3NO2. The second kappa shape index (κ2) is 7.17. The first kappa shape index (κ1) is 16.9. The lowest BCUT2D eigenvalue weighted by Crippen LogP contribution is -2.22. The molecule has 1 heterocycles. The van der Waals surface area contributed by atoms with Gasteiger partial charge in [0.25, 0.3) is 0 Å². The van der Waals surface area contributed by atoms with E-state index in [4.69, 9.17) is 5.11 Å². The molecule has 23 heavy (non-hydrogen) atoms. The zero-order valence-corrected chi connectivity index (χ0v) is 12.3. The summed E-state index contributed by atoms with van der Waals surface area (Å²) < 4.78 is 37.4. The minimum atomic E-state index is -4.32. The molecule has 0 saturated heterocycles. The molecule has 0 radical (unpaired) electrons. The first-order chi connectivity index (χ1) is 10.8. The number of aliphatic carboxylic acids is 1. The highest BCUT2D eigenvalue weighted by molar-refractivity contribution is 5.66. The van der Waals surface area contributed by atoms with Crippen LogP contribution in [0.25, 0.3) is 6.08 Å². The molecule has 122 valence electrons. The molecule has 0 aromatic heterocycles. The monoisotopic (exact) mass is 323 g/mol. The van der Waals surface area contributed by atoms with E-state index in [1.165, 1.54) is 12.1 Å². The number of hydrogen-bond acceptors (Lipinski definition) is 2. The zero-order chi connectivity index (χ0) is 16.9. The number of rotatable bonds is 5. The minimum Gasteiger partial charge on any atom is -0.481 e. The molecule has 1 aliphatic heterocycles. The van der Waals surface area contributed by atoms with Crippen LogP contribution in [0.3, 0.4) is 0 Å². The fourth-order valence-corrected chi connectivity index (χ4v) is 2.05. The SMILES string of the molecule is O=C(O)CCN1C=CC(/C=C/c2ccc(C(F)(F)F)cc2)=CC1. The van der Waals surface area contributed by atoms with Gasteiger partial charge in [-0.1, -0.05) is 30.4 Å². The van der Waals surface area contributed by atoms with Crippen LogP contribution < -0.4 is 0 Å². The van der Waals surface area contributed by atoms with Gasteiger partial charge in [0, 0.05) is 13.1 Å². The Balaban J connectivity index is 1.92. The topological polar surface area (TPSA) is 40.5 Å². The zero-order valence-electron chi connectivity index (χ0n) is 12.3. The molecule has 0 bridgehead atoms. The number of carboxylic acids is 1. The lowest BCUT2D eigenvalue weighted by molar-refractivity contribution is -0.138. The second-order valence-corrected chi connectivity index (χ2v) is 5.11. The van der Waals surface area contributed by atoms with Crippen molar-refractivity contribution in [2.75, 3.05) is 13.1 Å². The van der Waals surface area contributed by atoms with Gasteiger partial charge >= 0.3 is 12.1 Å². The maximum atomic E-state index is 12.5. The van der Waals surface area contributed by atoms with Crippen molar-refractivity contribution >= 4 is 12.0 Å². The fourth-order valence-electron chi connectivity index (χ4n) is 2.05. The van der Waals surface area contributed by atoms with Crippen molar-refractivity contribution < 1.29 is 23.1 Å². The summed E-state index contributed by atoms with van der Waals surface area (Å²) in [5, 5.41) is 8.63. The number of carbonyl (C=O) groups is 1. The van der Waals surface area contributed by atoms with Crippen molar-refractivity contribution in [1.82, 2.24) is 4.90 Å². The molecule has 0 atom stereocenters. The Bertz CT molecular complexity index is 643. The van der Waals surface area contributed by atoms with E-state index in [-0.39, 0.29) is 6.42 Å². The Morgan fingerprint density at radius 3 is 2.43 bits per heavy atom. The van der Waals surface area contributed by atoms with Crippen LogP contribution in [0.15, 0.2) is 54.3 Å². The van der Waals surface area contributed by atoms with E-state index in [1.807, 2.05) is 29.3 Å². The number of hydrogen-bond donors (Lipinski definition) is 1. The molecule has 0 fully saturated rings. The van der Waals surface area contributed by atoms with E-state index in [0.29, 0.717) is 18.7 Å². The summed E-state index contributed by atoms with van der Waals surface area (Å²) in [7, 11) is 0. The number of nitrogens with zero attached hydrogens (tertiary/aromatic N) is 1. The summed E-state index contributed by atoms with van der Waals surface area (Å²) in [6.45, 7) is 1.05. The van der Waals surface area contributed by atoms with Crippen molar-refractivity contribution in [3.8, 4) is 0 Å². The maximum absolute atomic E-state index is 12.5.